The van der Waals surface area contributed by atoms with Crippen molar-refractivity contribution in [1.82, 2.24) is 0 Å². The zero-order valence-corrected chi connectivity index (χ0v) is 19.0. The molecule has 2 aliphatic heterocycles. The van der Waals surface area contributed by atoms with Crippen molar-refractivity contribution in [2.24, 2.45) is 0 Å². The number of hydrogen-bond acceptors (Lipinski definition) is 3. The number of rotatable bonds is 11. The monoisotopic (exact) mass is 441 g/mol. The third-order valence-corrected chi connectivity index (χ3v) is 6.46. The Morgan fingerprint density at radius 1 is 0.897 bits per heavy atom. The maximum absolute atomic E-state index is 13.3. The molecular formula is C23H33Cl2NO3. The Morgan fingerprint density at radius 2 is 1.45 bits per heavy atom. The second-order valence-corrected chi connectivity index (χ2v) is 8.87. The molecule has 1 spiro atoms. The summed E-state index contributed by atoms with van der Waals surface area (Å²) in [6.07, 6.45) is 13.3. The lowest BCUT2D eigenvalue weighted by molar-refractivity contribution is -0.256. The third kappa shape index (κ3) is 5.10. The van der Waals surface area contributed by atoms with Gasteiger partial charge in [-0.2, -0.15) is 0 Å². The first-order chi connectivity index (χ1) is 14.1. The highest BCUT2D eigenvalue weighted by atomic mass is 35.5. The van der Waals surface area contributed by atoms with Crippen molar-refractivity contribution in [2.45, 2.75) is 83.3 Å². The van der Waals surface area contributed by atoms with Gasteiger partial charge in [-0.25, -0.2) is 0 Å². The Morgan fingerprint density at radius 3 is 2.07 bits per heavy atom. The molecule has 0 aliphatic carbocycles. The number of halogens is 2. The van der Waals surface area contributed by atoms with Crippen LogP contribution in [0, 0.1) is 0 Å². The van der Waals surface area contributed by atoms with Crippen LogP contribution in [0.15, 0.2) is 12.1 Å². The Kier molecular flexibility index (Phi) is 8.67. The van der Waals surface area contributed by atoms with Crippen molar-refractivity contribution in [3.63, 3.8) is 0 Å². The van der Waals surface area contributed by atoms with Gasteiger partial charge in [-0.15, -0.1) is 0 Å². The van der Waals surface area contributed by atoms with Gasteiger partial charge in [0.25, 0.3) is 11.7 Å². The number of anilines is 1. The second kappa shape index (κ2) is 11.0. The van der Waals surface area contributed by atoms with E-state index in [9.17, 15) is 4.79 Å². The molecule has 3 rings (SSSR count). The quantitative estimate of drug-likeness (QED) is 0.352. The first-order valence-corrected chi connectivity index (χ1v) is 12.0. The molecule has 2 heterocycles. The highest BCUT2D eigenvalue weighted by Gasteiger charge is 2.56. The van der Waals surface area contributed by atoms with Gasteiger partial charge < -0.3 is 14.4 Å². The van der Waals surface area contributed by atoms with Crippen molar-refractivity contribution in [3.8, 4) is 0 Å². The number of amides is 1. The summed E-state index contributed by atoms with van der Waals surface area (Å²) in [5, 5.41) is 0.977. The normalized spacial score (nSPS) is 17.9. The molecule has 1 saturated heterocycles. The van der Waals surface area contributed by atoms with Crippen LogP contribution in [0.5, 0.6) is 0 Å². The average molecular weight is 442 g/mol. The van der Waals surface area contributed by atoms with E-state index in [1.807, 2.05) is 0 Å². The highest BCUT2D eigenvalue weighted by molar-refractivity contribution is 6.38. The number of hydrogen-bond donors (Lipinski definition) is 0. The van der Waals surface area contributed by atoms with Crippen LogP contribution in [-0.2, 0) is 20.1 Å². The molecule has 0 radical (unpaired) electrons. The summed E-state index contributed by atoms with van der Waals surface area (Å²) in [6, 6.07) is 3.45. The third-order valence-electron chi connectivity index (χ3n) is 5.84. The van der Waals surface area contributed by atoms with E-state index in [0.717, 1.165) is 19.3 Å². The van der Waals surface area contributed by atoms with Crippen molar-refractivity contribution in [2.75, 3.05) is 24.7 Å². The molecule has 0 saturated carbocycles. The summed E-state index contributed by atoms with van der Waals surface area (Å²) >= 11 is 12.9. The predicted octanol–water partition coefficient (Wildman–Crippen LogP) is 6.85. The van der Waals surface area contributed by atoms with Crippen LogP contribution in [0.25, 0.3) is 0 Å². The first-order valence-electron chi connectivity index (χ1n) is 11.2. The van der Waals surface area contributed by atoms with Crippen molar-refractivity contribution >= 4 is 34.8 Å². The van der Waals surface area contributed by atoms with Gasteiger partial charge in [0, 0.05) is 6.54 Å². The SMILES string of the molecule is CCCCCCCCCCCCN1C(=O)C2(OCCCO2)c2c(Cl)ccc(Cl)c21. The summed E-state index contributed by atoms with van der Waals surface area (Å²) in [6.45, 7) is 3.80. The van der Waals surface area contributed by atoms with E-state index in [1.165, 1.54) is 51.4 Å². The van der Waals surface area contributed by atoms with E-state index in [-0.39, 0.29) is 5.91 Å². The molecule has 6 heteroatoms. The average Bonchev–Trinajstić information content (AvgIpc) is 2.96. The maximum atomic E-state index is 13.3. The van der Waals surface area contributed by atoms with Crippen LogP contribution in [0.4, 0.5) is 5.69 Å². The van der Waals surface area contributed by atoms with Gasteiger partial charge in [0.1, 0.15) is 0 Å². The van der Waals surface area contributed by atoms with Gasteiger partial charge in [-0.1, -0.05) is 87.9 Å². The largest absolute Gasteiger partial charge is 0.338 e. The zero-order chi connectivity index (χ0) is 20.7. The molecule has 0 aromatic heterocycles. The predicted molar refractivity (Wildman–Crippen MR) is 119 cm³/mol. The lowest BCUT2D eigenvalue weighted by Crippen LogP contribution is -2.47. The van der Waals surface area contributed by atoms with E-state index < -0.39 is 5.79 Å². The molecule has 0 N–H and O–H groups in total. The van der Waals surface area contributed by atoms with Gasteiger partial charge in [-0.05, 0) is 25.0 Å². The van der Waals surface area contributed by atoms with Crippen LogP contribution in [-0.4, -0.2) is 25.7 Å². The Balaban J connectivity index is 1.54. The molecule has 0 unspecified atom stereocenters. The van der Waals surface area contributed by atoms with Gasteiger partial charge in [0.05, 0.1) is 34.5 Å². The van der Waals surface area contributed by atoms with Crippen molar-refractivity contribution < 1.29 is 14.3 Å². The molecule has 1 aromatic rings. The minimum atomic E-state index is -1.42. The Bertz CT molecular complexity index is 689. The van der Waals surface area contributed by atoms with E-state index in [4.69, 9.17) is 32.7 Å². The summed E-state index contributed by atoms with van der Waals surface area (Å²) in [7, 11) is 0. The molecule has 0 bridgehead atoms. The molecule has 0 atom stereocenters. The number of benzene rings is 1. The summed E-state index contributed by atoms with van der Waals surface area (Å²) in [5.41, 5.74) is 1.23. The van der Waals surface area contributed by atoms with E-state index >= 15 is 0 Å². The molecule has 162 valence electrons. The molecule has 2 aliphatic rings. The fourth-order valence-electron chi connectivity index (χ4n) is 4.28. The number of nitrogens with zero attached hydrogens (tertiary/aromatic N) is 1. The number of ether oxygens (including phenoxy) is 2. The standard InChI is InChI=1S/C23H33Cl2NO3/c1-2-3-4-5-6-7-8-9-10-11-15-26-21-19(25)14-13-18(24)20(21)23(22(26)27)28-16-12-17-29-23/h13-14H,2-12,15-17H2,1H3. The van der Waals surface area contributed by atoms with Crippen LogP contribution in [0.2, 0.25) is 10.0 Å². The van der Waals surface area contributed by atoms with Gasteiger partial charge in [0.15, 0.2) is 0 Å². The number of carbonyl (C=O) groups excluding carboxylic acids is 1. The van der Waals surface area contributed by atoms with E-state index in [2.05, 4.69) is 6.92 Å². The topological polar surface area (TPSA) is 38.8 Å². The lowest BCUT2D eigenvalue weighted by Gasteiger charge is -2.32. The minimum absolute atomic E-state index is 0.196. The molecule has 1 aromatic carbocycles. The van der Waals surface area contributed by atoms with Crippen LogP contribution >= 0.6 is 23.2 Å². The Labute approximate surface area is 184 Å². The van der Waals surface area contributed by atoms with Gasteiger partial charge >= 0.3 is 0 Å². The van der Waals surface area contributed by atoms with Crippen LogP contribution in [0.3, 0.4) is 0 Å². The number of fused-ring (bicyclic) bond motifs is 2. The molecule has 1 fully saturated rings. The highest BCUT2D eigenvalue weighted by Crippen LogP contribution is 2.51. The number of carbonyl (C=O) groups is 1. The summed E-state index contributed by atoms with van der Waals surface area (Å²) in [5.74, 6) is -1.62. The zero-order valence-electron chi connectivity index (χ0n) is 17.5. The minimum Gasteiger partial charge on any atom is -0.338 e. The van der Waals surface area contributed by atoms with Gasteiger partial charge in [-0.3, -0.25) is 4.79 Å². The van der Waals surface area contributed by atoms with E-state index in [1.54, 1.807) is 17.0 Å². The molecular weight excluding hydrogens is 409 g/mol. The smallest absolute Gasteiger partial charge is 0.292 e. The van der Waals surface area contributed by atoms with E-state index in [0.29, 0.717) is 41.1 Å². The molecule has 4 nitrogen and oxygen atoms in total. The second-order valence-electron chi connectivity index (χ2n) is 8.06. The Hall–Kier alpha value is -0.810. The lowest BCUT2D eigenvalue weighted by atomic mass is 10.1. The maximum Gasteiger partial charge on any atom is 0.292 e. The fourth-order valence-corrected chi connectivity index (χ4v) is 4.81. The van der Waals surface area contributed by atoms with Crippen LogP contribution in [0.1, 0.15) is 83.1 Å². The van der Waals surface area contributed by atoms with Crippen LogP contribution < -0.4 is 4.90 Å². The fraction of sp³-hybridized carbons (Fsp3) is 0.696. The van der Waals surface area contributed by atoms with Crippen molar-refractivity contribution in [3.05, 3.63) is 27.7 Å². The number of unbranched alkanes of at least 4 members (excludes halogenated alkanes) is 9. The molecule has 1 amide bonds. The van der Waals surface area contributed by atoms with Gasteiger partial charge in [0.2, 0.25) is 0 Å². The molecule has 29 heavy (non-hydrogen) atoms. The van der Waals surface area contributed by atoms with Crippen molar-refractivity contribution in [1.29, 1.82) is 0 Å². The summed E-state index contributed by atoms with van der Waals surface area (Å²) < 4.78 is 11.7. The first kappa shape index (κ1) is 22.9. The summed E-state index contributed by atoms with van der Waals surface area (Å²) in [4.78, 5) is 15.0.